The maximum Gasteiger partial charge on any atom is 0.238 e. The summed E-state index contributed by atoms with van der Waals surface area (Å²) in [5.74, 6) is 0.229. The number of likely N-dealkylation sites (tertiary alicyclic amines) is 1. The van der Waals surface area contributed by atoms with Gasteiger partial charge in [-0.15, -0.1) is 0 Å². The summed E-state index contributed by atoms with van der Waals surface area (Å²) < 4.78 is 13.0. The molecule has 1 fully saturated rings. The number of carbonyl (C=O) groups is 1. The highest BCUT2D eigenvalue weighted by atomic mass is 35.5. The Kier molecular flexibility index (Phi) is 6.61. The van der Waals surface area contributed by atoms with E-state index in [2.05, 4.69) is 15.5 Å². The summed E-state index contributed by atoms with van der Waals surface area (Å²) >= 11 is 5.91. The van der Waals surface area contributed by atoms with Crippen molar-refractivity contribution in [3.63, 3.8) is 0 Å². The van der Waals surface area contributed by atoms with Crippen molar-refractivity contribution in [2.75, 3.05) is 38.5 Å². The van der Waals surface area contributed by atoms with Crippen LogP contribution in [0.4, 0.5) is 10.1 Å². The maximum atomic E-state index is 13.0. The first-order chi connectivity index (χ1) is 10.6. The number of anilines is 1. The fourth-order valence-corrected chi connectivity index (χ4v) is 2.98. The zero-order valence-corrected chi connectivity index (χ0v) is 13.6. The number of benzene rings is 1. The van der Waals surface area contributed by atoms with E-state index in [1.54, 1.807) is 0 Å². The summed E-state index contributed by atoms with van der Waals surface area (Å²) in [7, 11) is 1.97. The van der Waals surface area contributed by atoms with Crippen LogP contribution in [0.1, 0.15) is 19.3 Å². The standard InChI is InChI=1S/C16H23ClFN3O/c1-19-7-4-12-5-8-21(9-6-12)11-16(22)20-15-3-2-13(18)10-14(15)17/h2-3,10,12,19H,4-9,11H2,1H3,(H,20,22). The smallest absolute Gasteiger partial charge is 0.238 e. The highest BCUT2D eigenvalue weighted by Crippen LogP contribution is 2.23. The average molecular weight is 328 g/mol. The third kappa shape index (κ3) is 5.23. The van der Waals surface area contributed by atoms with E-state index in [-0.39, 0.29) is 10.9 Å². The number of hydrogen-bond acceptors (Lipinski definition) is 3. The second-order valence-corrected chi connectivity index (χ2v) is 6.19. The van der Waals surface area contributed by atoms with Crippen LogP contribution < -0.4 is 10.6 Å². The molecule has 2 N–H and O–H groups in total. The molecular formula is C16H23ClFN3O. The minimum absolute atomic E-state index is 0.109. The zero-order valence-electron chi connectivity index (χ0n) is 12.9. The third-order valence-corrected chi connectivity index (χ3v) is 4.39. The topological polar surface area (TPSA) is 44.4 Å². The molecule has 0 aliphatic carbocycles. The van der Waals surface area contributed by atoms with Crippen molar-refractivity contribution < 1.29 is 9.18 Å². The Morgan fingerprint density at radius 3 is 2.77 bits per heavy atom. The van der Waals surface area contributed by atoms with Crippen LogP contribution in [0.25, 0.3) is 0 Å². The molecule has 6 heteroatoms. The number of nitrogens with zero attached hydrogens (tertiary/aromatic N) is 1. The number of piperidine rings is 1. The molecule has 1 aliphatic heterocycles. The second kappa shape index (κ2) is 8.46. The third-order valence-electron chi connectivity index (χ3n) is 4.08. The van der Waals surface area contributed by atoms with E-state index in [1.165, 1.54) is 24.6 Å². The zero-order chi connectivity index (χ0) is 15.9. The van der Waals surface area contributed by atoms with E-state index in [0.29, 0.717) is 12.2 Å². The number of rotatable bonds is 6. The van der Waals surface area contributed by atoms with Crippen LogP contribution in [0.3, 0.4) is 0 Å². The van der Waals surface area contributed by atoms with E-state index in [9.17, 15) is 9.18 Å². The molecule has 22 heavy (non-hydrogen) atoms. The SMILES string of the molecule is CNCCC1CCN(CC(=O)Nc2ccc(F)cc2Cl)CC1. The van der Waals surface area contributed by atoms with Crippen molar-refractivity contribution >= 4 is 23.2 Å². The van der Waals surface area contributed by atoms with Crippen LogP contribution in [-0.2, 0) is 4.79 Å². The van der Waals surface area contributed by atoms with Crippen molar-refractivity contribution in [3.8, 4) is 0 Å². The molecule has 0 radical (unpaired) electrons. The van der Waals surface area contributed by atoms with Gasteiger partial charge in [-0.1, -0.05) is 11.6 Å². The van der Waals surface area contributed by atoms with Gasteiger partial charge in [0, 0.05) is 0 Å². The number of carbonyl (C=O) groups excluding carboxylic acids is 1. The lowest BCUT2D eigenvalue weighted by Gasteiger charge is -2.31. The van der Waals surface area contributed by atoms with E-state index in [4.69, 9.17) is 11.6 Å². The molecule has 0 spiro atoms. The lowest BCUT2D eigenvalue weighted by Crippen LogP contribution is -2.39. The van der Waals surface area contributed by atoms with Gasteiger partial charge >= 0.3 is 0 Å². The summed E-state index contributed by atoms with van der Waals surface area (Å²) in [4.78, 5) is 14.2. The van der Waals surface area contributed by atoms with E-state index in [1.807, 2.05) is 7.05 Å². The van der Waals surface area contributed by atoms with Crippen LogP contribution in [0.15, 0.2) is 18.2 Å². The van der Waals surface area contributed by atoms with Gasteiger partial charge in [-0.2, -0.15) is 0 Å². The van der Waals surface area contributed by atoms with Crippen LogP contribution in [0, 0.1) is 11.7 Å². The summed E-state index contributed by atoms with van der Waals surface area (Å²) in [5, 5.41) is 6.14. The van der Waals surface area contributed by atoms with Gasteiger partial charge in [0.2, 0.25) is 5.91 Å². The normalized spacial score (nSPS) is 16.7. The van der Waals surface area contributed by atoms with Gasteiger partial charge in [-0.25, -0.2) is 4.39 Å². The Morgan fingerprint density at radius 1 is 1.41 bits per heavy atom. The summed E-state index contributed by atoms with van der Waals surface area (Å²) in [5.41, 5.74) is 0.456. The molecule has 4 nitrogen and oxygen atoms in total. The van der Waals surface area contributed by atoms with Crippen molar-refractivity contribution in [1.82, 2.24) is 10.2 Å². The highest BCUT2D eigenvalue weighted by Gasteiger charge is 2.20. The lowest BCUT2D eigenvalue weighted by molar-refractivity contribution is -0.117. The number of amides is 1. The summed E-state index contributed by atoms with van der Waals surface area (Å²) in [6.45, 7) is 3.29. The van der Waals surface area contributed by atoms with Gasteiger partial charge in [0.15, 0.2) is 0 Å². The fraction of sp³-hybridized carbons (Fsp3) is 0.562. The summed E-state index contributed by atoms with van der Waals surface area (Å²) in [6, 6.07) is 3.97. The van der Waals surface area contributed by atoms with Gasteiger partial charge in [0.25, 0.3) is 0 Å². The molecule has 0 saturated carbocycles. The first kappa shape index (κ1) is 17.2. The Balaban J connectivity index is 1.76. The Labute approximate surface area is 136 Å². The number of hydrogen-bond donors (Lipinski definition) is 2. The van der Waals surface area contributed by atoms with Crippen LogP contribution in [-0.4, -0.2) is 44.0 Å². The Hall–Kier alpha value is -1.17. The molecule has 1 amide bonds. The highest BCUT2D eigenvalue weighted by molar-refractivity contribution is 6.33. The Bertz CT molecular complexity index is 504. The number of nitrogens with one attached hydrogen (secondary N) is 2. The quantitative estimate of drug-likeness (QED) is 0.844. The molecular weight excluding hydrogens is 305 g/mol. The first-order valence-electron chi connectivity index (χ1n) is 7.70. The first-order valence-corrected chi connectivity index (χ1v) is 8.08. The van der Waals surface area contributed by atoms with Gasteiger partial charge in [0.05, 0.1) is 17.3 Å². The van der Waals surface area contributed by atoms with Gasteiger partial charge in [-0.3, -0.25) is 9.69 Å². The van der Waals surface area contributed by atoms with E-state index >= 15 is 0 Å². The average Bonchev–Trinajstić information content (AvgIpc) is 2.49. The molecule has 1 aromatic carbocycles. The van der Waals surface area contributed by atoms with Crippen molar-refractivity contribution in [2.45, 2.75) is 19.3 Å². The maximum absolute atomic E-state index is 13.0. The molecule has 0 unspecified atom stereocenters. The van der Waals surface area contributed by atoms with Crippen LogP contribution in [0.2, 0.25) is 5.02 Å². The molecule has 0 aromatic heterocycles. The molecule has 0 atom stereocenters. The molecule has 1 heterocycles. The second-order valence-electron chi connectivity index (χ2n) is 5.78. The van der Waals surface area contributed by atoms with Crippen LogP contribution >= 0.6 is 11.6 Å². The van der Waals surface area contributed by atoms with Crippen molar-refractivity contribution in [2.24, 2.45) is 5.92 Å². The Morgan fingerprint density at radius 2 is 2.14 bits per heavy atom. The van der Waals surface area contributed by atoms with Crippen LogP contribution in [0.5, 0.6) is 0 Å². The predicted octanol–water partition coefficient (Wildman–Crippen LogP) is 2.74. The minimum atomic E-state index is -0.411. The molecule has 1 aromatic rings. The minimum Gasteiger partial charge on any atom is -0.324 e. The molecule has 1 saturated heterocycles. The number of halogens is 2. The van der Waals surface area contributed by atoms with Gasteiger partial charge in [0.1, 0.15) is 5.82 Å². The largest absolute Gasteiger partial charge is 0.324 e. The molecule has 0 bridgehead atoms. The van der Waals surface area contributed by atoms with Gasteiger partial charge in [-0.05, 0) is 70.1 Å². The lowest BCUT2D eigenvalue weighted by atomic mass is 9.93. The fourth-order valence-electron chi connectivity index (χ4n) is 2.77. The molecule has 122 valence electrons. The van der Waals surface area contributed by atoms with Gasteiger partial charge < -0.3 is 10.6 Å². The molecule has 2 rings (SSSR count). The monoisotopic (exact) mass is 327 g/mol. The van der Waals surface area contributed by atoms with Crippen molar-refractivity contribution in [1.29, 1.82) is 0 Å². The predicted molar refractivity (Wildman–Crippen MR) is 87.7 cm³/mol. The van der Waals surface area contributed by atoms with Crippen molar-refractivity contribution in [3.05, 3.63) is 29.0 Å². The summed E-state index contributed by atoms with van der Waals surface area (Å²) in [6.07, 6.45) is 3.46. The molecule has 1 aliphatic rings. The van der Waals surface area contributed by atoms with E-state index < -0.39 is 5.82 Å². The van der Waals surface area contributed by atoms with E-state index in [0.717, 1.165) is 38.4 Å².